The number of pyridine rings is 1. The van der Waals surface area contributed by atoms with Crippen LogP contribution in [-0.4, -0.2) is 11.2 Å². The molecular formula is C14H9F6NO. The predicted octanol–water partition coefficient (Wildman–Crippen LogP) is 4.51. The van der Waals surface area contributed by atoms with E-state index in [1.807, 2.05) is 0 Å². The molecule has 0 fully saturated rings. The summed E-state index contributed by atoms with van der Waals surface area (Å²) in [4.78, 5) is 13.5. The number of hydrogen-bond acceptors (Lipinski definition) is 1. The molecule has 1 aromatic carbocycles. The Kier molecular flexibility index (Phi) is 4.04. The molecule has 1 N–H and O–H groups in total. The van der Waals surface area contributed by atoms with Gasteiger partial charge in [-0.3, -0.25) is 4.79 Å². The summed E-state index contributed by atoms with van der Waals surface area (Å²) in [6.45, 7) is 0. The third-order valence-electron chi connectivity index (χ3n) is 2.83. The summed E-state index contributed by atoms with van der Waals surface area (Å²) in [5.74, 6) is 0. The second kappa shape index (κ2) is 5.51. The summed E-state index contributed by atoms with van der Waals surface area (Å²) >= 11 is 0. The number of halogens is 6. The quantitative estimate of drug-likeness (QED) is 0.811. The smallest absolute Gasteiger partial charge is 0.322 e. The molecule has 0 aliphatic carbocycles. The van der Waals surface area contributed by atoms with Crippen molar-refractivity contribution in [1.29, 1.82) is 0 Å². The molecule has 0 spiro atoms. The van der Waals surface area contributed by atoms with Crippen LogP contribution in [0.25, 0.3) is 17.0 Å². The molecule has 22 heavy (non-hydrogen) atoms. The van der Waals surface area contributed by atoms with Crippen molar-refractivity contribution in [3.8, 4) is 0 Å². The van der Waals surface area contributed by atoms with Crippen LogP contribution >= 0.6 is 0 Å². The lowest BCUT2D eigenvalue weighted by atomic mass is 10.0. The third kappa shape index (κ3) is 3.90. The summed E-state index contributed by atoms with van der Waals surface area (Å²) in [5, 5.41) is -0.277. The van der Waals surface area contributed by atoms with Gasteiger partial charge in [0.05, 0.1) is 12.0 Å². The lowest BCUT2D eigenvalue weighted by Gasteiger charge is -2.10. The maximum atomic E-state index is 12.9. The maximum Gasteiger partial charge on any atom is 0.417 e. The van der Waals surface area contributed by atoms with Crippen molar-refractivity contribution in [3.63, 3.8) is 0 Å². The van der Waals surface area contributed by atoms with Gasteiger partial charge >= 0.3 is 12.4 Å². The largest absolute Gasteiger partial charge is 0.417 e. The molecule has 0 unspecified atom stereocenters. The third-order valence-corrected chi connectivity index (χ3v) is 2.83. The number of nitrogens with one attached hydrogen (secondary N) is 1. The van der Waals surface area contributed by atoms with Crippen LogP contribution in [0.1, 0.15) is 17.5 Å². The first-order valence-corrected chi connectivity index (χ1v) is 6.04. The summed E-state index contributed by atoms with van der Waals surface area (Å²) in [6, 6.07) is 4.05. The Hall–Kier alpha value is -2.25. The van der Waals surface area contributed by atoms with E-state index in [0.29, 0.717) is 6.07 Å². The molecular weight excluding hydrogens is 312 g/mol. The van der Waals surface area contributed by atoms with Gasteiger partial charge in [-0.15, -0.1) is 0 Å². The van der Waals surface area contributed by atoms with E-state index >= 15 is 0 Å². The molecule has 118 valence electrons. The van der Waals surface area contributed by atoms with Crippen molar-refractivity contribution >= 4 is 17.0 Å². The van der Waals surface area contributed by atoms with Crippen LogP contribution in [0.2, 0.25) is 0 Å². The minimum atomic E-state index is -4.74. The van der Waals surface area contributed by atoms with E-state index in [2.05, 4.69) is 4.98 Å². The molecule has 0 amide bonds. The molecule has 2 aromatic rings. The number of hydrogen-bond donors (Lipinski definition) is 1. The van der Waals surface area contributed by atoms with Crippen molar-refractivity contribution in [2.75, 3.05) is 0 Å². The molecule has 0 bridgehead atoms. The fraction of sp³-hybridized carbons (Fsp3) is 0.214. The molecule has 0 saturated heterocycles. The van der Waals surface area contributed by atoms with Gasteiger partial charge < -0.3 is 4.98 Å². The Morgan fingerprint density at radius 2 is 1.73 bits per heavy atom. The number of benzene rings is 1. The summed E-state index contributed by atoms with van der Waals surface area (Å²) in [6.07, 6.45) is -8.39. The van der Waals surface area contributed by atoms with Crippen LogP contribution in [0.4, 0.5) is 26.3 Å². The van der Waals surface area contributed by atoms with Crippen molar-refractivity contribution in [2.24, 2.45) is 0 Å². The second-order valence-corrected chi connectivity index (χ2v) is 4.57. The van der Waals surface area contributed by atoms with Gasteiger partial charge in [0.25, 0.3) is 0 Å². The van der Waals surface area contributed by atoms with Crippen molar-refractivity contribution in [2.45, 2.75) is 18.8 Å². The SMILES string of the molecule is O=c1cc(C(F)(F)F)c2cc(C=CCC(F)(F)F)ccc2[nH]1. The molecule has 1 aromatic heterocycles. The number of alkyl halides is 6. The van der Waals surface area contributed by atoms with Crippen LogP contribution in [-0.2, 0) is 6.18 Å². The van der Waals surface area contributed by atoms with Gasteiger partial charge in [0.2, 0.25) is 5.56 Å². The molecule has 0 aliphatic rings. The first-order chi connectivity index (χ1) is 10.1. The zero-order valence-electron chi connectivity index (χ0n) is 10.8. The average molecular weight is 321 g/mol. The van der Waals surface area contributed by atoms with Gasteiger partial charge in [0.1, 0.15) is 0 Å². The highest BCUT2D eigenvalue weighted by molar-refractivity contribution is 5.84. The Morgan fingerprint density at radius 3 is 2.32 bits per heavy atom. The van der Waals surface area contributed by atoms with Crippen LogP contribution in [0.3, 0.4) is 0 Å². The van der Waals surface area contributed by atoms with E-state index < -0.39 is 29.9 Å². The number of allylic oxidation sites excluding steroid dienone is 1. The van der Waals surface area contributed by atoms with Gasteiger partial charge in [-0.2, -0.15) is 26.3 Å². The molecule has 0 saturated carbocycles. The van der Waals surface area contributed by atoms with Crippen LogP contribution in [0, 0.1) is 0 Å². The highest BCUT2D eigenvalue weighted by Crippen LogP contribution is 2.33. The summed E-state index contributed by atoms with van der Waals surface area (Å²) in [7, 11) is 0. The molecule has 0 aliphatic heterocycles. The van der Waals surface area contributed by atoms with E-state index in [1.54, 1.807) is 0 Å². The summed E-state index contributed by atoms with van der Waals surface area (Å²) < 4.78 is 74.9. The van der Waals surface area contributed by atoms with Crippen LogP contribution in [0.5, 0.6) is 0 Å². The van der Waals surface area contributed by atoms with Crippen LogP contribution in [0.15, 0.2) is 35.1 Å². The molecule has 0 radical (unpaired) electrons. The van der Waals surface area contributed by atoms with E-state index in [9.17, 15) is 31.1 Å². The van der Waals surface area contributed by atoms with Crippen molar-refractivity contribution in [1.82, 2.24) is 4.98 Å². The normalized spacial score (nSPS) is 13.2. The number of fused-ring (bicyclic) bond motifs is 1. The fourth-order valence-corrected chi connectivity index (χ4v) is 1.94. The molecule has 2 rings (SSSR count). The zero-order valence-corrected chi connectivity index (χ0v) is 10.8. The lowest BCUT2D eigenvalue weighted by Crippen LogP contribution is -2.13. The first kappa shape index (κ1) is 16.1. The van der Waals surface area contributed by atoms with Gasteiger partial charge in [0, 0.05) is 17.0 Å². The second-order valence-electron chi connectivity index (χ2n) is 4.57. The Morgan fingerprint density at radius 1 is 1.05 bits per heavy atom. The number of aromatic amines is 1. The highest BCUT2D eigenvalue weighted by Gasteiger charge is 2.33. The van der Waals surface area contributed by atoms with Gasteiger partial charge in [-0.05, 0) is 17.7 Å². The highest BCUT2D eigenvalue weighted by atomic mass is 19.4. The summed E-state index contributed by atoms with van der Waals surface area (Å²) in [5.41, 5.74) is -1.89. The van der Waals surface area contributed by atoms with E-state index in [4.69, 9.17) is 0 Å². The Bertz CT molecular complexity index is 769. The fourth-order valence-electron chi connectivity index (χ4n) is 1.94. The molecule has 8 heteroatoms. The molecule has 2 nitrogen and oxygen atoms in total. The van der Waals surface area contributed by atoms with Gasteiger partial charge in [-0.1, -0.05) is 18.2 Å². The minimum absolute atomic E-state index is 0.0344. The zero-order chi connectivity index (χ0) is 16.5. The van der Waals surface area contributed by atoms with E-state index in [0.717, 1.165) is 18.2 Å². The number of rotatable bonds is 2. The van der Waals surface area contributed by atoms with Crippen molar-refractivity contribution in [3.05, 3.63) is 51.8 Å². The first-order valence-electron chi connectivity index (χ1n) is 6.04. The average Bonchev–Trinajstić information content (AvgIpc) is 2.35. The Labute approximate surface area is 120 Å². The molecule has 0 atom stereocenters. The predicted molar refractivity (Wildman–Crippen MR) is 69.3 cm³/mol. The van der Waals surface area contributed by atoms with Gasteiger partial charge in [0.15, 0.2) is 0 Å². The number of H-pyrrole nitrogens is 1. The molecule has 1 heterocycles. The minimum Gasteiger partial charge on any atom is -0.322 e. The van der Waals surface area contributed by atoms with E-state index in [-0.39, 0.29) is 16.5 Å². The van der Waals surface area contributed by atoms with E-state index in [1.165, 1.54) is 12.1 Å². The van der Waals surface area contributed by atoms with Crippen molar-refractivity contribution < 1.29 is 26.3 Å². The topological polar surface area (TPSA) is 32.9 Å². The number of aromatic nitrogens is 1. The standard InChI is InChI=1S/C14H9F6NO/c15-13(16,17)5-1-2-8-3-4-11-9(6-8)10(14(18,19)20)7-12(22)21-11/h1-4,6-7H,5H2,(H,21,22). The van der Waals surface area contributed by atoms with Crippen LogP contribution < -0.4 is 5.56 Å². The Balaban J connectivity index is 2.49. The maximum absolute atomic E-state index is 12.9. The monoisotopic (exact) mass is 321 g/mol. The lowest BCUT2D eigenvalue weighted by molar-refractivity contribution is -0.136. The van der Waals surface area contributed by atoms with Gasteiger partial charge in [-0.25, -0.2) is 0 Å².